The van der Waals surface area contributed by atoms with Crippen molar-refractivity contribution in [1.29, 1.82) is 0 Å². The lowest BCUT2D eigenvalue weighted by Crippen LogP contribution is -2.32. The first-order valence-corrected chi connectivity index (χ1v) is 11.2. The van der Waals surface area contributed by atoms with Crippen molar-refractivity contribution in [3.8, 4) is 0 Å². The Morgan fingerprint density at radius 2 is 1.44 bits per heavy atom. The van der Waals surface area contributed by atoms with Gasteiger partial charge in [-0.2, -0.15) is 0 Å². The SMILES string of the molecule is Cc1cc(C)cc(NC(=O)c2ccc(NC3=C(Cl)C(=O)N(c4cc(Cl)ccc4C)C3=O)cc2)c1. The Kier molecular flexibility index (Phi) is 6.46. The number of rotatable bonds is 5. The van der Waals surface area contributed by atoms with Crippen molar-refractivity contribution >= 4 is 58.0 Å². The van der Waals surface area contributed by atoms with Crippen molar-refractivity contribution in [2.45, 2.75) is 20.8 Å². The summed E-state index contributed by atoms with van der Waals surface area (Å²) >= 11 is 12.3. The zero-order valence-corrected chi connectivity index (χ0v) is 20.2. The van der Waals surface area contributed by atoms with Crippen LogP contribution >= 0.6 is 23.2 Å². The van der Waals surface area contributed by atoms with E-state index in [1.54, 1.807) is 49.4 Å². The van der Waals surface area contributed by atoms with Crippen LogP contribution in [0.3, 0.4) is 0 Å². The van der Waals surface area contributed by atoms with E-state index >= 15 is 0 Å². The molecule has 0 aliphatic carbocycles. The van der Waals surface area contributed by atoms with Gasteiger partial charge in [0.25, 0.3) is 17.7 Å². The zero-order valence-electron chi connectivity index (χ0n) is 18.7. The molecule has 8 heteroatoms. The lowest BCUT2D eigenvalue weighted by Gasteiger charge is -2.17. The molecule has 0 atom stereocenters. The maximum absolute atomic E-state index is 13.0. The number of nitrogens with one attached hydrogen (secondary N) is 2. The normalized spacial score (nSPS) is 13.5. The van der Waals surface area contributed by atoms with Crippen molar-refractivity contribution < 1.29 is 14.4 Å². The van der Waals surface area contributed by atoms with Gasteiger partial charge >= 0.3 is 0 Å². The van der Waals surface area contributed by atoms with Crippen LogP contribution in [-0.4, -0.2) is 17.7 Å². The summed E-state index contributed by atoms with van der Waals surface area (Å²) in [7, 11) is 0. The Morgan fingerprint density at radius 1 is 0.794 bits per heavy atom. The standard InChI is InChI=1S/C26H21Cl2N3O3/c1-14-10-15(2)12-20(11-14)30-24(32)17-5-8-19(9-6-17)29-23-22(28)25(33)31(26(23)34)21-13-18(27)7-4-16(21)3/h4-13,29H,1-3H3,(H,30,32). The second kappa shape index (κ2) is 9.33. The molecule has 2 N–H and O–H groups in total. The number of halogens is 2. The quantitative estimate of drug-likeness (QED) is 0.430. The summed E-state index contributed by atoms with van der Waals surface area (Å²) < 4.78 is 0. The lowest BCUT2D eigenvalue weighted by atomic mass is 10.1. The predicted molar refractivity (Wildman–Crippen MR) is 135 cm³/mol. The molecule has 3 amide bonds. The summed E-state index contributed by atoms with van der Waals surface area (Å²) in [4.78, 5) is 39.4. The van der Waals surface area contributed by atoms with E-state index < -0.39 is 11.8 Å². The highest BCUT2D eigenvalue weighted by Gasteiger charge is 2.39. The molecule has 0 bridgehead atoms. The molecule has 3 aromatic carbocycles. The number of amides is 3. The first-order valence-electron chi connectivity index (χ1n) is 10.5. The fourth-order valence-electron chi connectivity index (χ4n) is 3.75. The van der Waals surface area contributed by atoms with Gasteiger partial charge in [-0.15, -0.1) is 0 Å². The van der Waals surface area contributed by atoms with Crippen molar-refractivity contribution in [2.75, 3.05) is 15.5 Å². The van der Waals surface area contributed by atoms with Crippen LogP contribution in [0.25, 0.3) is 0 Å². The van der Waals surface area contributed by atoms with Crippen LogP contribution < -0.4 is 15.5 Å². The molecular weight excluding hydrogens is 473 g/mol. The number of hydrogen-bond donors (Lipinski definition) is 2. The Bertz CT molecular complexity index is 1340. The Hall–Kier alpha value is -3.61. The number of carbonyl (C=O) groups is 3. The molecule has 0 saturated heterocycles. The first kappa shape index (κ1) is 23.5. The summed E-state index contributed by atoms with van der Waals surface area (Å²) in [6.45, 7) is 5.70. The molecule has 0 radical (unpaired) electrons. The molecule has 1 aliphatic heterocycles. The summed E-state index contributed by atoms with van der Waals surface area (Å²) in [5.41, 5.74) is 4.80. The molecule has 0 unspecified atom stereocenters. The highest BCUT2D eigenvalue weighted by Crippen LogP contribution is 2.33. The van der Waals surface area contributed by atoms with Gasteiger partial charge < -0.3 is 10.6 Å². The van der Waals surface area contributed by atoms with E-state index in [1.807, 2.05) is 32.0 Å². The van der Waals surface area contributed by atoms with Crippen molar-refractivity contribution in [1.82, 2.24) is 0 Å². The molecule has 0 fully saturated rings. The van der Waals surface area contributed by atoms with Gasteiger partial charge in [-0.25, -0.2) is 4.90 Å². The molecule has 0 spiro atoms. The van der Waals surface area contributed by atoms with E-state index in [4.69, 9.17) is 23.2 Å². The molecular formula is C26H21Cl2N3O3. The fourth-order valence-corrected chi connectivity index (χ4v) is 4.13. The lowest BCUT2D eigenvalue weighted by molar-refractivity contribution is -0.120. The zero-order chi connectivity index (χ0) is 24.6. The van der Waals surface area contributed by atoms with Gasteiger partial charge in [0.1, 0.15) is 10.7 Å². The van der Waals surface area contributed by atoms with Gasteiger partial charge in [0, 0.05) is 22.0 Å². The minimum absolute atomic E-state index is 0.0431. The second-order valence-electron chi connectivity index (χ2n) is 8.10. The summed E-state index contributed by atoms with van der Waals surface area (Å²) in [6, 6.07) is 17.3. The highest BCUT2D eigenvalue weighted by molar-refractivity contribution is 6.53. The van der Waals surface area contributed by atoms with E-state index in [9.17, 15) is 14.4 Å². The third kappa shape index (κ3) is 4.69. The largest absolute Gasteiger partial charge is 0.350 e. The van der Waals surface area contributed by atoms with Gasteiger partial charge in [-0.1, -0.05) is 35.3 Å². The van der Waals surface area contributed by atoms with Crippen molar-refractivity contribution in [3.63, 3.8) is 0 Å². The number of benzene rings is 3. The minimum atomic E-state index is -0.635. The number of anilines is 3. The molecule has 34 heavy (non-hydrogen) atoms. The molecule has 0 aromatic heterocycles. The number of nitrogens with zero attached hydrogens (tertiary/aromatic N) is 1. The molecule has 4 rings (SSSR count). The van der Waals surface area contributed by atoms with Crippen LogP contribution in [-0.2, 0) is 9.59 Å². The number of carbonyl (C=O) groups excluding carboxylic acids is 3. The van der Waals surface area contributed by atoms with E-state index in [0.717, 1.165) is 16.0 Å². The average Bonchev–Trinajstić information content (AvgIpc) is 2.98. The second-order valence-corrected chi connectivity index (χ2v) is 8.91. The van der Waals surface area contributed by atoms with E-state index in [-0.39, 0.29) is 16.6 Å². The third-order valence-electron chi connectivity index (χ3n) is 5.34. The maximum atomic E-state index is 13.0. The van der Waals surface area contributed by atoms with Crippen molar-refractivity contribution in [2.24, 2.45) is 0 Å². The first-order chi connectivity index (χ1) is 16.1. The topological polar surface area (TPSA) is 78.5 Å². The number of hydrogen-bond acceptors (Lipinski definition) is 4. The van der Waals surface area contributed by atoms with Gasteiger partial charge in [-0.3, -0.25) is 14.4 Å². The molecule has 3 aromatic rings. The van der Waals surface area contributed by atoms with E-state index in [2.05, 4.69) is 10.6 Å². The maximum Gasteiger partial charge on any atom is 0.283 e. The van der Waals surface area contributed by atoms with Crippen LogP contribution in [0.2, 0.25) is 5.02 Å². The summed E-state index contributed by atoms with van der Waals surface area (Å²) in [5.74, 6) is -1.48. The Labute approximate surface area is 207 Å². The number of imide groups is 1. The molecule has 1 heterocycles. The minimum Gasteiger partial charge on any atom is -0.350 e. The highest BCUT2D eigenvalue weighted by atomic mass is 35.5. The van der Waals surface area contributed by atoms with Gasteiger partial charge in [0.2, 0.25) is 0 Å². The van der Waals surface area contributed by atoms with Crippen LogP contribution in [0.1, 0.15) is 27.0 Å². The van der Waals surface area contributed by atoms with Crippen LogP contribution in [0, 0.1) is 20.8 Å². The average molecular weight is 494 g/mol. The molecule has 6 nitrogen and oxygen atoms in total. The van der Waals surface area contributed by atoms with E-state index in [0.29, 0.717) is 33.2 Å². The van der Waals surface area contributed by atoms with Gasteiger partial charge in [-0.05, 0) is 86.0 Å². The Morgan fingerprint density at radius 3 is 2.09 bits per heavy atom. The van der Waals surface area contributed by atoms with Gasteiger partial charge in [0.05, 0.1) is 5.69 Å². The summed E-state index contributed by atoms with van der Waals surface area (Å²) in [5, 5.41) is 5.96. The third-order valence-corrected chi connectivity index (χ3v) is 5.92. The van der Waals surface area contributed by atoms with Gasteiger partial charge in [0.15, 0.2) is 0 Å². The monoisotopic (exact) mass is 493 g/mol. The van der Waals surface area contributed by atoms with Crippen LogP contribution in [0.4, 0.5) is 17.1 Å². The molecule has 1 aliphatic rings. The van der Waals surface area contributed by atoms with Crippen LogP contribution in [0.5, 0.6) is 0 Å². The fraction of sp³-hybridized carbons (Fsp3) is 0.115. The number of aryl methyl sites for hydroxylation is 3. The van der Waals surface area contributed by atoms with E-state index in [1.165, 1.54) is 0 Å². The van der Waals surface area contributed by atoms with Crippen molar-refractivity contribution in [3.05, 3.63) is 98.7 Å². The summed E-state index contributed by atoms with van der Waals surface area (Å²) in [6.07, 6.45) is 0. The van der Waals surface area contributed by atoms with Crippen LogP contribution in [0.15, 0.2) is 71.4 Å². The predicted octanol–water partition coefficient (Wildman–Crippen LogP) is 5.95. The Balaban J connectivity index is 1.50. The molecule has 0 saturated carbocycles. The molecule has 172 valence electrons. The smallest absolute Gasteiger partial charge is 0.283 e.